The van der Waals surface area contributed by atoms with Crippen LogP contribution in [0.25, 0.3) is 0 Å². The van der Waals surface area contributed by atoms with Crippen LogP contribution in [0.5, 0.6) is 0 Å². The molecule has 5 aromatic rings. The molecular weight excluding hydrogens is 1190 g/mol. The van der Waals surface area contributed by atoms with Crippen molar-refractivity contribution in [3.8, 4) is 71.0 Å². The molecule has 3 unspecified atom stereocenters. The fourth-order valence-corrected chi connectivity index (χ4v) is 11.7. The summed E-state index contributed by atoms with van der Waals surface area (Å²) in [6.07, 6.45) is 32.7. The van der Waals surface area contributed by atoms with Crippen LogP contribution in [0.15, 0.2) is 110 Å². The molecule has 420 valence electrons. The zero-order valence-corrected chi connectivity index (χ0v) is 53.3. The lowest BCUT2D eigenvalue weighted by Gasteiger charge is -2.18. The van der Waals surface area contributed by atoms with Crippen molar-refractivity contribution in [1.82, 2.24) is 14.7 Å². The van der Waals surface area contributed by atoms with E-state index in [0.717, 1.165) is 146 Å². The summed E-state index contributed by atoms with van der Waals surface area (Å²) in [5, 5.41) is 2.97. The first-order chi connectivity index (χ1) is 39.8. The topological polar surface area (TPSA) is 21.4 Å². The largest absolute Gasteiger partial charge is 0.299 e. The molecule has 3 saturated heterocycles. The summed E-state index contributed by atoms with van der Waals surface area (Å²) in [6.45, 7) is 6.49. The summed E-state index contributed by atoms with van der Waals surface area (Å²) in [7, 11) is 6.73. The number of hydrogen-bond donors (Lipinski definition) is 0. The maximum Gasteiger partial charge on any atom is 0.173 e. The Morgan fingerprint density at radius 2 is 0.630 bits per heavy atom. The fourth-order valence-electron chi connectivity index (χ4n) is 10.8. The van der Waals surface area contributed by atoms with Gasteiger partial charge in [0.25, 0.3) is 0 Å². The number of aryl methyl sites for hydroxylation is 3. The number of unbranched alkanes of at least 4 members (excludes halogenated alkanes) is 6. The van der Waals surface area contributed by atoms with Crippen molar-refractivity contribution in [1.29, 1.82) is 0 Å². The minimum Gasteiger partial charge on any atom is -0.299 e. The second-order valence-electron chi connectivity index (χ2n) is 21.6. The van der Waals surface area contributed by atoms with Crippen molar-refractivity contribution in [2.24, 2.45) is 0 Å². The van der Waals surface area contributed by atoms with Gasteiger partial charge >= 0.3 is 0 Å². The van der Waals surface area contributed by atoms with Gasteiger partial charge in [-0.3, -0.25) is 14.7 Å². The predicted molar refractivity (Wildman–Crippen MR) is 345 cm³/mol. The first-order valence-electron chi connectivity index (χ1n) is 29.8. The van der Waals surface area contributed by atoms with E-state index in [2.05, 4.69) is 278 Å². The maximum atomic E-state index is 3.47. The molecule has 81 heavy (non-hydrogen) atoms. The Morgan fingerprint density at radius 3 is 0.852 bits per heavy atom. The summed E-state index contributed by atoms with van der Waals surface area (Å²) in [5.74, 6) is 40.2. The Bertz CT molecular complexity index is 2830. The van der Waals surface area contributed by atoms with Crippen molar-refractivity contribution in [2.75, 3.05) is 56.8 Å². The zero-order chi connectivity index (χ0) is 56.7. The summed E-state index contributed by atoms with van der Waals surface area (Å²) >= 11 is 10.3. The number of rotatable bonds is 18. The van der Waals surface area contributed by atoms with Crippen molar-refractivity contribution >= 4 is 47.8 Å². The molecule has 3 atom stereocenters. The number of hydrogen-bond acceptors (Lipinski definition) is 3. The van der Waals surface area contributed by atoms with Crippen LogP contribution in [0.1, 0.15) is 184 Å². The lowest BCUT2D eigenvalue weighted by molar-refractivity contribution is -0.697. The molecule has 3 aliphatic rings. The van der Waals surface area contributed by atoms with Crippen molar-refractivity contribution in [2.45, 2.75) is 153 Å². The Hall–Kier alpha value is -5.43. The third-order valence-corrected chi connectivity index (χ3v) is 16.8. The minimum absolute atomic E-state index is 0.546. The normalized spacial score (nSPS) is 16.6. The molecule has 0 amide bonds. The van der Waals surface area contributed by atoms with Crippen LogP contribution in [0.2, 0.25) is 0 Å². The third-order valence-electron chi connectivity index (χ3n) is 15.1. The number of likely N-dealkylation sites (tertiary alicyclic amines) is 3. The van der Waals surface area contributed by atoms with Crippen molar-refractivity contribution in [3.63, 3.8) is 0 Å². The molecule has 8 rings (SSSR count). The van der Waals surface area contributed by atoms with Gasteiger partial charge in [0.05, 0.1) is 0 Å². The molecule has 0 spiro atoms. The maximum absolute atomic E-state index is 3.47. The van der Waals surface area contributed by atoms with Crippen molar-refractivity contribution < 1.29 is 13.7 Å². The SMILES string of the molecule is BrCCCC#Cc1cc(C#CCCCBr)cc(C#CCCCBr)c1.CN1CCCC1c1ccc[n+](CCCC#Cc2cc(C#CCCC[n+]3cccc(C4CCCN4C)c3)cc(C#CCCC[n+]3cccc(C4CCCN4C)c3)c2)c1. The number of halogens is 3. The molecule has 0 aliphatic carbocycles. The molecule has 0 radical (unpaired) electrons. The Balaban J connectivity index is 0.000000331. The van der Waals surface area contributed by atoms with Gasteiger partial charge in [-0.2, -0.15) is 0 Å². The summed E-state index contributed by atoms with van der Waals surface area (Å²) in [5.41, 5.74) is 10.3. The number of pyridine rings is 3. The quantitative estimate of drug-likeness (QED) is 0.0378. The number of benzene rings is 2. The highest BCUT2D eigenvalue weighted by molar-refractivity contribution is 9.09. The van der Waals surface area contributed by atoms with E-state index in [9.17, 15) is 0 Å². The zero-order valence-electron chi connectivity index (χ0n) is 48.5. The lowest BCUT2D eigenvalue weighted by Crippen LogP contribution is -2.34. The smallest absolute Gasteiger partial charge is 0.173 e. The third kappa shape index (κ3) is 22.3. The van der Waals surface area contributed by atoms with Crippen LogP contribution < -0.4 is 13.7 Å². The molecular formula is C72H84Br3N6+3. The van der Waals surface area contributed by atoms with Gasteiger partial charge in [0.15, 0.2) is 37.2 Å². The summed E-state index contributed by atoms with van der Waals surface area (Å²) < 4.78 is 7.00. The average molecular weight is 1270 g/mol. The van der Waals surface area contributed by atoms with Gasteiger partial charge in [-0.25, -0.2) is 13.7 Å². The van der Waals surface area contributed by atoms with Gasteiger partial charge in [-0.05, 0) is 153 Å². The van der Waals surface area contributed by atoms with Crippen LogP contribution in [0.4, 0.5) is 0 Å². The molecule has 2 aromatic carbocycles. The monoisotopic (exact) mass is 1270 g/mol. The van der Waals surface area contributed by atoms with Gasteiger partial charge in [0.1, 0.15) is 19.6 Å². The first kappa shape index (κ1) is 63.2. The Morgan fingerprint density at radius 1 is 0.383 bits per heavy atom. The summed E-state index contributed by atoms with van der Waals surface area (Å²) in [4.78, 5) is 7.43. The predicted octanol–water partition coefficient (Wildman–Crippen LogP) is 13.6. The number of alkyl halides is 3. The Labute approximate surface area is 513 Å². The van der Waals surface area contributed by atoms with Crippen LogP contribution in [0.3, 0.4) is 0 Å². The average Bonchev–Trinajstić information content (AvgIpc) is 4.25. The molecule has 0 bridgehead atoms. The molecule has 3 fully saturated rings. The van der Waals surface area contributed by atoms with E-state index < -0.39 is 0 Å². The van der Waals surface area contributed by atoms with Gasteiger partial charge in [-0.15, -0.1) is 0 Å². The molecule has 0 N–H and O–H groups in total. The van der Waals surface area contributed by atoms with Gasteiger partial charge in [0.2, 0.25) is 0 Å². The molecule has 6 nitrogen and oxygen atoms in total. The molecule has 3 aliphatic heterocycles. The molecule has 3 aromatic heterocycles. The van der Waals surface area contributed by atoms with E-state index in [1.165, 1.54) is 74.8 Å². The van der Waals surface area contributed by atoms with Crippen LogP contribution >= 0.6 is 47.8 Å². The van der Waals surface area contributed by atoms with E-state index in [1.54, 1.807) is 0 Å². The molecule has 9 heteroatoms. The standard InChI is InChI=1S/C51H63N6.C21H21Br3/c1-52-28-16-25-49(52)46-22-13-34-55(40-46)31-10-4-7-19-43-37-44(20-8-5-11-32-56-35-14-23-47(41-56)50-26-17-29-53(50)2)39-45(38-43)21-9-6-12-33-57-36-15-24-48(42-57)51-27-18-30-54(51)3;22-13-7-1-4-10-19-16-20(11-5-2-8-14-23)18-21(17-19)12-6-3-9-15-24/h13-15,22-24,34-42,49-51H,4-6,10-12,16-18,25-33H2,1-3H3;16-18H,1-3,7-9,13-15H2/q+3;. The molecule has 6 heterocycles. The number of aromatic nitrogens is 3. The minimum atomic E-state index is 0.546. The van der Waals surface area contributed by atoms with Gasteiger partial charge in [0, 0.05) is 160 Å². The van der Waals surface area contributed by atoms with E-state index in [4.69, 9.17) is 0 Å². The van der Waals surface area contributed by atoms with E-state index >= 15 is 0 Å². The van der Waals surface area contributed by atoms with Gasteiger partial charge in [-0.1, -0.05) is 119 Å². The Kier molecular flexibility index (Phi) is 28.2. The second kappa shape index (κ2) is 36.2. The number of nitrogens with zero attached hydrogens (tertiary/aromatic N) is 6. The fraction of sp³-hybridized carbons (Fsp3) is 0.458. The highest BCUT2D eigenvalue weighted by Crippen LogP contribution is 2.31. The van der Waals surface area contributed by atoms with E-state index in [-0.39, 0.29) is 0 Å². The van der Waals surface area contributed by atoms with Crippen molar-refractivity contribution in [3.05, 3.63) is 160 Å². The summed E-state index contributed by atoms with van der Waals surface area (Å²) in [6, 6.07) is 27.7. The second-order valence-corrected chi connectivity index (χ2v) is 24.0. The highest BCUT2D eigenvalue weighted by atomic mass is 79.9. The molecule has 0 saturated carbocycles. The lowest BCUT2D eigenvalue weighted by atomic mass is 10.1. The van der Waals surface area contributed by atoms with Crippen LogP contribution in [-0.2, 0) is 19.6 Å². The van der Waals surface area contributed by atoms with E-state index in [0.29, 0.717) is 18.1 Å². The van der Waals surface area contributed by atoms with Gasteiger partial charge < -0.3 is 0 Å². The highest BCUT2D eigenvalue weighted by Gasteiger charge is 2.26. The van der Waals surface area contributed by atoms with Crippen LogP contribution in [0, 0.1) is 71.0 Å². The van der Waals surface area contributed by atoms with Crippen LogP contribution in [-0.4, -0.2) is 71.5 Å². The first-order valence-corrected chi connectivity index (χ1v) is 33.1. The van der Waals surface area contributed by atoms with E-state index in [1.807, 2.05) is 0 Å².